The van der Waals surface area contributed by atoms with Crippen molar-refractivity contribution < 1.29 is 8.42 Å². The van der Waals surface area contributed by atoms with Crippen LogP contribution in [0, 0.1) is 11.8 Å². The summed E-state index contributed by atoms with van der Waals surface area (Å²) < 4.78 is 25.5. The lowest BCUT2D eigenvalue weighted by Crippen LogP contribution is -2.47. The third-order valence-electron chi connectivity index (χ3n) is 5.66. The Morgan fingerprint density at radius 3 is 2.29 bits per heavy atom. The molecule has 0 aromatic carbocycles. The van der Waals surface area contributed by atoms with Crippen LogP contribution in [0.15, 0.2) is 0 Å². The van der Waals surface area contributed by atoms with Gasteiger partial charge in [0.2, 0.25) is 10.0 Å². The van der Waals surface area contributed by atoms with Crippen LogP contribution in [-0.2, 0) is 10.0 Å². The topological polar surface area (TPSA) is 40.6 Å². The van der Waals surface area contributed by atoms with Gasteiger partial charge in [-0.25, -0.2) is 12.7 Å². The van der Waals surface area contributed by atoms with Gasteiger partial charge in [-0.3, -0.25) is 0 Å². The van der Waals surface area contributed by atoms with E-state index in [1.165, 1.54) is 32.2 Å². The zero-order valence-electron chi connectivity index (χ0n) is 13.9. The highest BCUT2D eigenvalue weighted by atomic mass is 32.2. The van der Waals surface area contributed by atoms with Crippen LogP contribution >= 0.6 is 0 Å². The number of rotatable bonds is 5. The van der Waals surface area contributed by atoms with E-state index in [0.717, 1.165) is 37.8 Å². The molecule has 2 aliphatic rings. The summed E-state index contributed by atoms with van der Waals surface area (Å²) in [5.74, 6) is 1.93. The predicted octanol–water partition coefficient (Wildman–Crippen LogP) is 2.56. The fourth-order valence-electron chi connectivity index (χ4n) is 3.89. The van der Waals surface area contributed by atoms with Crippen LogP contribution in [0.3, 0.4) is 0 Å². The highest BCUT2D eigenvalue weighted by molar-refractivity contribution is 7.89. The van der Waals surface area contributed by atoms with Crippen molar-refractivity contribution in [3.05, 3.63) is 0 Å². The summed E-state index contributed by atoms with van der Waals surface area (Å²) >= 11 is 0. The molecule has 0 bridgehead atoms. The average molecular weight is 317 g/mol. The van der Waals surface area contributed by atoms with Gasteiger partial charge in [-0.2, -0.15) is 0 Å². The van der Waals surface area contributed by atoms with Crippen molar-refractivity contribution in [2.75, 3.05) is 32.4 Å². The summed E-state index contributed by atoms with van der Waals surface area (Å²) in [6, 6.07) is 0.204. The molecule has 0 aromatic rings. The standard InChI is InChI=1S/C16H32N2O2S/c1-4-21(19,20)17(3)16-9-11-18(12-10-16)13-15-8-6-5-7-14(15)2/h14-16H,4-13H2,1-3H3/t14-,15-/m0/s1. The Bertz CT molecular complexity index is 416. The largest absolute Gasteiger partial charge is 0.303 e. The van der Waals surface area contributed by atoms with Crippen LogP contribution in [-0.4, -0.2) is 56.1 Å². The molecule has 0 N–H and O–H groups in total. The van der Waals surface area contributed by atoms with E-state index in [1.807, 2.05) is 0 Å². The fourth-order valence-corrected chi connectivity index (χ4v) is 4.96. The molecule has 0 radical (unpaired) electrons. The minimum absolute atomic E-state index is 0.204. The third-order valence-corrected chi connectivity index (χ3v) is 7.56. The summed E-state index contributed by atoms with van der Waals surface area (Å²) in [6.07, 6.45) is 7.53. The van der Waals surface area contributed by atoms with Crippen molar-refractivity contribution >= 4 is 10.0 Å². The first-order valence-electron chi connectivity index (χ1n) is 8.62. The maximum atomic E-state index is 12.0. The maximum absolute atomic E-state index is 12.0. The summed E-state index contributed by atoms with van der Waals surface area (Å²) in [5.41, 5.74) is 0. The SMILES string of the molecule is CCS(=O)(=O)N(C)C1CCN(C[C@@H]2CCCC[C@@H]2C)CC1. The molecule has 1 heterocycles. The van der Waals surface area contributed by atoms with E-state index in [9.17, 15) is 8.42 Å². The van der Waals surface area contributed by atoms with Crippen molar-refractivity contribution in [3.63, 3.8) is 0 Å². The lowest BCUT2D eigenvalue weighted by molar-refractivity contribution is 0.117. The summed E-state index contributed by atoms with van der Waals surface area (Å²) in [5, 5.41) is 0. The second kappa shape index (κ2) is 7.42. The van der Waals surface area contributed by atoms with E-state index >= 15 is 0 Å². The van der Waals surface area contributed by atoms with Crippen LogP contribution in [0.1, 0.15) is 52.4 Å². The molecule has 0 aromatic heterocycles. The third kappa shape index (κ3) is 4.42. The van der Waals surface area contributed by atoms with Crippen LogP contribution < -0.4 is 0 Å². The van der Waals surface area contributed by atoms with Crippen LogP contribution in [0.25, 0.3) is 0 Å². The Kier molecular flexibility index (Phi) is 6.09. The summed E-state index contributed by atoms with van der Waals surface area (Å²) in [7, 11) is -1.28. The first kappa shape index (κ1) is 17.2. The number of nitrogens with zero attached hydrogens (tertiary/aromatic N) is 2. The van der Waals surface area contributed by atoms with Crippen LogP contribution in [0.2, 0.25) is 0 Å². The number of hydrogen-bond donors (Lipinski definition) is 0. The first-order chi connectivity index (χ1) is 9.94. The molecule has 0 amide bonds. The Labute approximate surface area is 130 Å². The number of hydrogen-bond acceptors (Lipinski definition) is 3. The molecule has 21 heavy (non-hydrogen) atoms. The minimum Gasteiger partial charge on any atom is -0.303 e. The second-order valence-electron chi connectivity index (χ2n) is 6.97. The van der Waals surface area contributed by atoms with Crippen molar-refractivity contribution in [2.24, 2.45) is 11.8 Å². The van der Waals surface area contributed by atoms with E-state index in [2.05, 4.69) is 11.8 Å². The first-order valence-corrected chi connectivity index (χ1v) is 10.2. The Balaban J connectivity index is 1.80. The van der Waals surface area contributed by atoms with Gasteiger partial charge in [-0.05, 0) is 51.1 Å². The van der Waals surface area contributed by atoms with E-state index < -0.39 is 10.0 Å². The van der Waals surface area contributed by atoms with Crippen LogP contribution in [0.5, 0.6) is 0 Å². The van der Waals surface area contributed by atoms with Gasteiger partial charge in [0.1, 0.15) is 0 Å². The van der Waals surface area contributed by atoms with Crippen molar-refractivity contribution in [3.8, 4) is 0 Å². The maximum Gasteiger partial charge on any atom is 0.213 e. The molecule has 4 nitrogen and oxygen atoms in total. The molecule has 5 heteroatoms. The van der Waals surface area contributed by atoms with E-state index in [1.54, 1.807) is 18.3 Å². The smallest absolute Gasteiger partial charge is 0.213 e. The van der Waals surface area contributed by atoms with Gasteiger partial charge in [-0.1, -0.05) is 26.2 Å². The van der Waals surface area contributed by atoms with E-state index in [4.69, 9.17) is 0 Å². The molecule has 0 spiro atoms. The Hall–Kier alpha value is -0.130. The molecule has 2 rings (SSSR count). The van der Waals surface area contributed by atoms with Crippen LogP contribution in [0.4, 0.5) is 0 Å². The summed E-state index contributed by atoms with van der Waals surface area (Å²) in [6.45, 7) is 7.46. The molecule has 1 saturated heterocycles. The second-order valence-corrected chi connectivity index (χ2v) is 9.29. The molecular formula is C16H32N2O2S. The lowest BCUT2D eigenvalue weighted by atomic mass is 9.80. The molecule has 1 aliphatic carbocycles. The van der Waals surface area contributed by atoms with Gasteiger partial charge >= 0.3 is 0 Å². The molecular weight excluding hydrogens is 284 g/mol. The quantitative estimate of drug-likeness (QED) is 0.782. The summed E-state index contributed by atoms with van der Waals surface area (Å²) in [4.78, 5) is 2.56. The van der Waals surface area contributed by atoms with Gasteiger partial charge < -0.3 is 4.90 Å². The van der Waals surface area contributed by atoms with Crippen molar-refractivity contribution in [2.45, 2.75) is 58.4 Å². The van der Waals surface area contributed by atoms with Gasteiger partial charge in [0.15, 0.2) is 0 Å². The van der Waals surface area contributed by atoms with Gasteiger partial charge in [0.05, 0.1) is 5.75 Å². The zero-order chi connectivity index (χ0) is 15.5. The monoisotopic (exact) mass is 316 g/mol. The molecule has 0 unspecified atom stereocenters. The molecule has 1 saturated carbocycles. The molecule has 2 fully saturated rings. The zero-order valence-corrected chi connectivity index (χ0v) is 14.7. The number of likely N-dealkylation sites (tertiary alicyclic amines) is 1. The number of piperidine rings is 1. The lowest BCUT2D eigenvalue weighted by Gasteiger charge is -2.39. The fraction of sp³-hybridized carbons (Fsp3) is 1.00. The minimum atomic E-state index is -3.04. The predicted molar refractivity (Wildman–Crippen MR) is 87.8 cm³/mol. The molecule has 2 atom stereocenters. The average Bonchev–Trinajstić information content (AvgIpc) is 2.49. The van der Waals surface area contributed by atoms with Crippen molar-refractivity contribution in [1.82, 2.24) is 9.21 Å². The Morgan fingerprint density at radius 2 is 1.71 bits per heavy atom. The number of sulfonamides is 1. The van der Waals surface area contributed by atoms with Gasteiger partial charge in [0, 0.05) is 19.6 Å². The normalized spacial score (nSPS) is 29.9. The highest BCUT2D eigenvalue weighted by Gasteiger charge is 2.30. The highest BCUT2D eigenvalue weighted by Crippen LogP contribution is 2.31. The Morgan fingerprint density at radius 1 is 1.10 bits per heavy atom. The van der Waals surface area contributed by atoms with Gasteiger partial charge in [0.25, 0.3) is 0 Å². The molecule has 1 aliphatic heterocycles. The van der Waals surface area contributed by atoms with Crippen molar-refractivity contribution in [1.29, 1.82) is 0 Å². The van der Waals surface area contributed by atoms with Gasteiger partial charge in [-0.15, -0.1) is 0 Å². The molecule has 124 valence electrons. The van der Waals surface area contributed by atoms with E-state index in [-0.39, 0.29) is 11.8 Å². The van der Waals surface area contributed by atoms with E-state index in [0.29, 0.717) is 0 Å².